The number of rotatable bonds is 5. The van der Waals surface area contributed by atoms with Gasteiger partial charge in [-0.3, -0.25) is 0 Å². The van der Waals surface area contributed by atoms with Crippen LogP contribution in [0.2, 0.25) is 5.02 Å². The quantitative estimate of drug-likeness (QED) is 0.287. The number of aliphatic imine (C=N–C) groups is 1. The van der Waals surface area contributed by atoms with Crippen LogP contribution in [0.1, 0.15) is 6.92 Å². The molecule has 4 heteroatoms. The highest BCUT2D eigenvalue weighted by atomic mass is 35.5. The Labute approximate surface area is 157 Å². The van der Waals surface area contributed by atoms with Gasteiger partial charge < -0.3 is 4.74 Å². The van der Waals surface area contributed by atoms with Crippen LogP contribution in [0, 0.1) is 0 Å². The standard InChI is InChI=1S/C21H18ClNOS/c1-16(24-19-8-4-2-5-9-19)21(25-20-10-6-3-7-11-20)23-18-14-12-17(22)13-15-18/h2-16H,1H3. The minimum Gasteiger partial charge on any atom is -0.484 e. The van der Waals surface area contributed by atoms with Gasteiger partial charge in [0.05, 0.1) is 5.69 Å². The van der Waals surface area contributed by atoms with E-state index in [-0.39, 0.29) is 6.10 Å². The number of thioether (sulfide) groups is 1. The van der Waals surface area contributed by atoms with Crippen molar-refractivity contribution < 1.29 is 4.74 Å². The van der Waals surface area contributed by atoms with Crippen LogP contribution in [-0.2, 0) is 0 Å². The number of benzene rings is 3. The minimum atomic E-state index is -0.178. The van der Waals surface area contributed by atoms with Crippen molar-refractivity contribution >= 4 is 34.1 Å². The zero-order valence-electron chi connectivity index (χ0n) is 13.8. The van der Waals surface area contributed by atoms with Crippen LogP contribution in [0.25, 0.3) is 0 Å². The van der Waals surface area contributed by atoms with Crippen molar-refractivity contribution in [1.82, 2.24) is 0 Å². The SMILES string of the molecule is CC(Oc1ccccc1)C(=Nc1ccc(Cl)cc1)Sc1ccccc1. The largest absolute Gasteiger partial charge is 0.484 e. The Balaban J connectivity index is 1.86. The van der Waals surface area contributed by atoms with Crippen molar-refractivity contribution in [3.63, 3.8) is 0 Å². The lowest BCUT2D eigenvalue weighted by Crippen LogP contribution is -2.21. The lowest BCUT2D eigenvalue weighted by Gasteiger charge is -2.17. The summed E-state index contributed by atoms with van der Waals surface area (Å²) < 4.78 is 6.07. The summed E-state index contributed by atoms with van der Waals surface area (Å²) in [6.07, 6.45) is -0.178. The maximum absolute atomic E-state index is 6.07. The summed E-state index contributed by atoms with van der Waals surface area (Å²) in [5, 5.41) is 1.59. The van der Waals surface area contributed by atoms with E-state index in [1.165, 1.54) is 0 Å². The van der Waals surface area contributed by atoms with Crippen LogP contribution in [-0.4, -0.2) is 11.1 Å². The maximum atomic E-state index is 6.07. The zero-order valence-corrected chi connectivity index (χ0v) is 15.4. The molecule has 0 aliphatic carbocycles. The second kappa shape index (κ2) is 8.75. The normalized spacial score (nSPS) is 12.6. The van der Waals surface area contributed by atoms with E-state index >= 15 is 0 Å². The van der Waals surface area contributed by atoms with Crippen molar-refractivity contribution in [2.75, 3.05) is 0 Å². The summed E-state index contributed by atoms with van der Waals surface area (Å²) in [4.78, 5) is 5.91. The Morgan fingerprint density at radius 3 is 2.12 bits per heavy atom. The summed E-state index contributed by atoms with van der Waals surface area (Å²) in [7, 11) is 0. The molecule has 1 unspecified atom stereocenters. The number of ether oxygens (including phenoxy) is 1. The molecule has 0 N–H and O–H groups in total. The molecule has 0 fully saturated rings. The molecular weight excluding hydrogens is 350 g/mol. The molecule has 25 heavy (non-hydrogen) atoms. The van der Waals surface area contributed by atoms with E-state index in [1.54, 1.807) is 11.8 Å². The smallest absolute Gasteiger partial charge is 0.144 e. The molecule has 2 nitrogen and oxygen atoms in total. The molecular formula is C21H18ClNOS. The van der Waals surface area contributed by atoms with Gasteiger partial charge in [-0.15, -0.1) is 0 Å². The lowest BCUT2D eigenvalue weighted by molar-refractivity contribution is 0.290. The van der Waals surface area contributed by atoms with Crippen molar-refractivity contribution in [2.24, 2.45) is 4.99 Å². The number of para-hydroxylation sites is 1. The van der Waals surface area contributed by atoms with Crippen LogP contribution in [0.3, 0.4) is 0 Å². The fourth-order valence-electron chi connectivity index (χ4n) is 2.20. The van der Waals surface area contributed by atoms with E-state index < -0.39 is 0 Å². The fourth-order valence-corrected chi connectivity index (χ4v) is 3.23. The first-order chi connectivity index (χ1) is 12.2. The summed E-state index contributed by atoms with van der Waals surface area (Å²) in [5.41, 5.74) is 0.853. The van der Waals surface area contributed by atoms with Crippen LogP contribution in [0.5, 0.6) is 5.75 Å². The predicted molar refractivity (Wildman–Crippen MR) is 107 cm³/mol. The first kappa shape index (κ1) is 17.6. The first-order valence-corrected chi connectivity index (χ1v) is 9.19. The third kappa shape index (κ3) is 5.38. The van der Waals surface area contributed by atoms with Gasteiger partial charge in [0.2, 0.25) is 0 Å². The van der Waals surface area contributed by atoms with Gasteiger partial charge in [-0.05, 0) is 55.5 Å². The van der Waals surface area contributed by atoms with Gasteiger partial charge in [0.25, 0.3) is 0 Å². The van der Waals surface area contributed by atoms with E-state index in [2.05, 4.69) is 12.1 Å². The second-order valence-corrected chi connectivity index (χ2v) is 6.94. The van der Waals surface area contributed by atoms with E-state index in [0.29, 0.717) is 5.02 Å². The molecule has 3 aromatic rings. The molecule has 0 spiro atoms. The number of halogens is 1. The average molecular weight is 368 g/mol. The maximum Gasteiger partial charge on any atom is 0.144 e. The van der Waals surface area contributed by atoms with Crippen LogP contribution in [0.15, 0.2) is 94.8 Å². The molecule has 1 atom stereocenters. The van der Waals surface area contributed by atoms with Crippen molar-refractivity contribution in [3.05, 3.63) is 90.0 Å². The summed E-state index contributed by atoms with van der Waals surface area (Å²) >= 11 is 7.58. The minimum absolute atomic E-state index is 0.178. The van der Waals surface area contributed by atoms with E-state index in [1.807, 2.05) is 79.7 Å². The first-order valence-electron chi connectivity index (χ1n) is 7.99. The summed E-state index contributed by atoms with van der Waals surface area (Å²) in [6.45, 7) is 2.01. The van der Waals surface area contributed by atoms with Gasteiger partial charge in [0, 0.05) is 9.92 Å². The predicted octanol–water partition coefficient (Wildman–Crippen LogP) is 6.63. The summed E-state index contributed by atoms with van der Waals surface area (Å²) in [5.74, 6) is 0.826. The van der Waals surface area contributed by atoms with Crippen molar-refractivity contribution in [1.29, 1.82) is 0 Å². The Kier molecular flexibility index (Phi) is 6.15. The molecule has 0 heterocycles. The molecule has 3 aromatic carbocycles. The molecule has 0 amide bonds. The van der Waals surface area contributed by atoms with E-state index in [9.17, 15) is 0 Å². The van der Waals surface area contributed by atoms with Crippen molar-refractivity contribution in [2.45, 2.75) is 17.9 Å². The van der Waals surface area contributed by atoms with Gasteiger partial charge in [0.15, 0.2) is 0 Å². The fraction of sp³-hybridized carbons (Fsp3) is 0.0952. The Morgan fingerprint density at radius 2 is 1.48 bits per heavy atom. The highest BCUT2D eigenvalue weighted by Crippen LogP contribution is 2.27. The number of nitrogens with zero attached hydrogens (tertiary/aromatic N) is 1. The third-order valence-corrected chi connectivity index (χ3v) is 4.83. The monoisotopic (exact) mass is 367 g/mol. The molecule has 0 aliphatic rings. The van der Waals surface area contributed by atoms with Gasteiger partial charge in [-0.25, -0.2) is 4.99 Å². The van der Waals surface area contributed by atoms with Gasteiger partial charge in [0.1, 0.15) is 16.9 Å². The molecule has 3 rings (SSSR count). The number of hydrogen-bond acceptors (Lipinski definition) is 3. The topological polar surface area (TPSA) is 21.6 Å². The highest BCUT2D eigenvalue weighted by molar-refractivity contribution is 8.14. The second-order valence-electron chi connectivity index (χ2n) is 5.41. The molecule has 0 radical (unpaired) electrons. The van der Waals surface area contributed by atoms with Crippen LogP contribution < -0.4 is 4.74 Å². The summed E-state index contributed by atoms with van der Waals surface area (Å²) in [6, 6.07) is 27.5. The number of hydrogen-bond donors (Lipinski definition) is 0. The lowest BCUT2D eigenvalue weighted by atomic mass is 10.3. The molecule has 126 valence electrons. The zero-order chi connectivity index (χ0) is 17.5. The highest BCUT2D eigenvalue weighted by Gasteiger charge is 2.15. The van der Waals surface area contributed by atoms with Gasteiger partial charge >= 0.3 is 0 Å². The van der Waals surface area contributed by atoms with Gasteiger partial charge in [-0.1, -0.05) is 59.8 Å². The average Bonchev–Trinajstić information content (AvgIpc) is 2.64. The molecule has 0 saturated heterocycles. The molecule has 0 aromatic heterocycles. The molecule has 0 aliphatic heterocycles. The van der Waals surface area contributed by atoms with E-state index in [4.69, 9.17) is 21.3 Å². The van der Waals surface area contributed by atoms with E-state index in [0.717, 1.165) is 21.4 Å². The molecule has 0 saturated carbocycles. The third-order valence-electron chi connectivity index (χ3n) is 3.44. The Bertz CT molecular complexity index is 820. The van der Waals surface area contributed by atoms with Crippen LogP contribution in [0.4, 0.5) is 5.69 Å². The van der Waals surface area contributed by atoms with Crippen molar-refractivity contribution in [3.8, 4) is 5.75 Å². The Hall–Kier alpha value is -2.23. The molecule has 0 bridgehead atoms. The Morgan fingerprint density at radius 1 is 0.880 bits per heavy atom. The van der Waals surface area contributed by atoms with Gasteiger partial charge in [-0.2, -0.15) is 0 Å². The van der Waals surface area contributed by atoms with Crippen LogP contribution >= 0.6 is 23.4 Å².